The van der Waals surface area contributed by atoms with Crippen LogP contribution in [0, 0.1) is 0 Å². The molecule has 1 aromatic rings. The van der Waals surface area contributed by atoms with Crippen molar-refractivity contribution in [1.29, 1.82) is 0 Å². The van der Waals surface area contributed by atoms with Crippen molar-refractivity contribution in [3.8, 4) is 0 Å². The lowest BCUT2D eigenvalue weighted by atomic mass is 9.84. The molecular formula is C17H27NO. The molecule has 0 spiro atoms. The van der Waals surface area contributed by atoms with Gasteiger partial charge in [0.1, 0.15) is 0 Å². The summed E-state index contributed by atoms with van der Waals surface area (Å²) >= 11 is 0. The van der Waals surface area contributed by atoms with Crippen LogP contribution in [0.3, 0.4) is 0 Å². The summed E-state index contributed by atoms with van der Waals surface area (Å²) in [5.74, 6) is 0.802. The highest BCUT2D eigenvalue weighted by Crippen LogP contribution is 2.32. The Kier molecular flexibility index (Phi) is 5.87. The van der Waals surface area contributed by atoms with E-state index in [2.05, 4.69) is 29.6 Å². The van der Waals surface area contributed by atoms with Crippen LogP contribution in [0.2, 0.25) is 0 Å². The van der Waals surface area contributed by atoms with Gasteiger partial charge in [-0.2, -0.15) is 0 Å². The van der Waals surface area contributed by atoms with Crippen molar-refractivity contribution in [3.05, 3.63) is 35.4 Å². The molecule has 0 saturated heterocycles. The van der Waals surface area contributed by atoms with Crippen LogP contribution in [0.5, 0.6) is 0 Å². The molecule has 0 amide bonds. The van der Waals surface area contributed by atoms with Crippen molar-refractivity contribution in [3.63, 3.8) is 0 Å². The van der Waals surface area contributed by atoms with Gasteiger partial charge in [0.05, 0.1) is 6.10 Å². The molecule has 0 radical (unpaired) electrons. The van der Waals surface area contributed by atoms with Gasteiger partial charge in [0.25, 0.3) is 0 Å². The van der Waals surface area contributed by atoms with Gasteiger partial charge in [-0.05, 0) is 49.8 Å². The average Bonchev–Trinajstić information content (AvgIpc) is 2.45. The van der Waals surface area contributed by atoms with Gasteiger partial charge < -0.3 is 10.4 Å². The third-order valence-electron chi connectivity index (χ3n) is 4.09. The van der Waals surface area contributed by atoms with Crippen molar-refractivity contribution in [2.45, 2.75) is 57.5 Å². The van der Waals surface area contributed by atoms with Gasteiger partial charge in [-0.3, -0.25) is 0 Å². The maximum Gasteiger partial charge on any atom is 0.0636 e. The van der Waals surface area contributed by atoms with E-state index < -0.39 is 0 Å². The van der Waals surface area contributed by atoms with E-state index in [0.29, 0.717) is 6.54 Å². The fraction of sp³-hybridized carbons (Fsp3) is 0.647. The molecule has 0 aliphatic heterocycles. The van der Waals surface area contributed by atoms with E-state index in [1.165, 1.54) is 43.2 Å². The van der Waals surface area contributed by atoms with Gasteiger partial charge in [-0.25, -0.2) is 0 Å². The lowest BCUT2D eigenvalue weighted by Gasteiger charge is -2.22. The molecule has 1 aliphatic rings. The number of hydrogen-bond acceptors (Lipinski definition) is 2. The summed E-state index contributed by atoms with van der Waals surface area (Å²) in [6, 6.07) is 9.18. The van der Waals surface area contributed by atoms with Gasteiger partial charge in [0.15, 0.2) is 0 Å². The molecule has 0 bridgehead atoms. The predicted molar refractivity (Wildman–Crippen MR) is 80.5 cm³/mol. The number of rotatable bonds is 6. The number of nitrogens with one attached hydrogen (secondary N) is 1. The van der Waals surface area contributed by atoms with E-state index in [4.69, 9.17) is 5.11 Å². The number of hydrogen-bond donors (Lipinski definition) is 2. The predicted octanol–water partition coefficient (Wildman–Crippen LogP) is 3.25. The Morgan fingerprint density at radius 1 is 1.16 bits per heavy atom. The van der Waals surface area contributed by atoms with Crippen molar-refractivity contribution >= 4 is 0 Å². The van der Waals surface area contributed by atoms with Gasteiger partial charge in [-0.1, -0.05) is 43.5 Å². The molecule has 1 saturated carbocycles. The fourth-order valence-electron chi connectivity index (χ4n) is 2.94. The van der Waals surface area contributed by atoms with E-state index in [0.717, 1.165) is 18.9 Å². The summed E-state index contributed by atoms with van der Waals surface area (Å²) in [5, 5.41) is 12.4. The monoisotopic (exact) mass is 261 g/mol. The van der Waals surface area contributed by atoms with E-state index in [9.17, 15) is 0 Å². The third-order valence-corrected chi connectivity index (χ3v) is 4.09. The van der Waals surface area contributed by atoms with E-state index in [1.807, 2.05) is 6.92 Å². The molecule has 0 heterocycles. The fourth-order valence-corrected chi connectivity index (χ4v) is 2.94. The molecule has 1 aromatic carbocycles. The highest BCUT2D eigenvalue weighted by atomic mass is 16.3. The van der Waals surface area contributed by atoms with Crippen molar-refractivity contribution < 1.29 is 5.11 Å². The lowest BCUT2D eigenvalue weighted by molar-refractivity contribution is 0.191. The van der Waals surface area contributed by atoms with Crippen LogP contribution in [0.1, 0.15) is 56.1 Å². The molecule has 19 heavy (non-hydrogen) atoms. The Labute approximate surface area is 117 Å². The standard InChI is InChI=1S/C17H27NO/c1-14(19)13-18-12-11-15-7-9-17(10-8-15)16-5-3-2-4-6-16/h7-10,14,16,18-19H,2-6,11-13H2,1H3. The normalized spacial score (nSPS) is 18.4. The van der Waals surface area contributed by atoms with Crippen LogP contribution in [0.4, 0.5) is 0 Å². The number of benzene rings is 1. The maximum atomic E-state index is 9.17. The second-order valence-corrected chi connectivity index (χ2v) is 5.88. The largest absolute Gasteiger partial charge is 0.392 e. The van der Waals surface area contributed by atoms with Crippen LogP contribution in [0.25, 0.3) is 0 Å². The van der Waals surface area contributed by atoms with Gasteiger partial charge in [-0.15, -0.1) is 0 Å². The smallest absolute Gasteiger partial charge is 0.0636 e. The van der Waals surface area contributed by atoms with Crippen LogP contribution < -0.4 is 5.32 Å². The topological polar surface area (TPSA) is 32.3 Å². The molecule has 2 N–H and O–H groups in total. The maximum absolute atomic E-state index is 9.17. The molecule has 106 valence electrons. The minimum Gasteiger partial charge on any atom is -0.392 e. The molecule has 2 heteroatoms. The molecule has 2 nitrogen and oxygen atoms in total. The second kappa shape index (κ2) is 7.66. The lowest BCUT2D eigenvalue weighted by Crippen LogP contribution is -2.26. The zero-order chi connectivity index (χ0) is 13.5. The van der Waals surface area contributed by atoms with Crippen molar-refractivity contribution in [2.24, 2.45) is 0 Å². The summed E-state index contributed by atoms with van der Waals surface area (Å²) in [4.78, 5) is 0. The molecule has 1 atom stereocenters. The summed E-state index contributed by atoms with van der Waals surface area (Å²) in [7, 11) is 0. The first-order chi connectivity index (χ1) is 9.25. The second-order valence-electron chi connectivity index (χ2n) is 5.88. The SMILES string of the molecule is CC(O)CNCCc1ccc(C2CCCCC2)cc1. The molecular weight excluding hydrogens is 234 g/mol. The van der Waals surface area contributed by atoms with Gasteiger partial charge in [0.2, 0.25) is 0 Å². The Bertz CT molecular complexity index is 352. The van der Waals surface area contributed by atoms with Crippen LogP contribution in [-0.4, -0.2) is 24.3 Å². The molecule has 2 rings (SSSR count). The van der Waals surface area contributed by atoms with E-state index in [-0.39, 0.29) is 6.10 Å². The molecule has 0 aromatic heterocycles. The Morgan fingerprint density at radius 2 is 1.84 bits per heavy atom. The molecule has 1 fully saturated rings. The minimum absolute atomic E-state index is 0.256. The summed E-state index contributed by atoms with van der Waals surface area (Å²) in [6.07, 6.45) is 7.74. The summed E-state index contributed by atoms with van der Waals surface area (Å²) < 4.78 is 0. The van der Waals surface area contributed by atoms with Crippen LogP contribution in [0.15, 0.2) is 24.3 Å². The average molecular weight is 261 g/mol. The quantitative estimate of drug-likeness (QED) is 0.770. The zero-order valence-electron chi connectivity index (χ0n) is 12.1. The van der Waals surface area contributed by atoms with Gasteiger partial charge >= 0.3 is 0 Å². The van der Waals surface area contributed by atoms with Crippen molar-refractivity contribution in [1.82, 2.24) is 5.32 Å². The zero-order valence-corrected chi connectivity index (χ0v) is 12.1. The van der Waals surface area contributed by atoms with E-state index >= 15 is 0 Å². The highest BCUT2D eigenvalue weighted by Gasteiger charge is 2.14. The Morgan fingerprint density at radius 3 is 2.47 bits per heavy atom. The van der Waals surface area contributed by atoms with Gasteiger partial charge in [0, 0.05) is 6.54 Å². The summed E-state index contributed by atoms with van der Waals surface area (Å²) in [5.41, 5.74) is 2.91. The molecule has 1 aliphatic carbocycles. The Hall–Kier alpha value is -0.860. The van der Waals surface area contributed by atoms with Crippen LogP contribution in [-0.2, 0) is 6.42 Å². The van der Waals surface area contributed by atoms with E-state index in [1.54, 1.807) is 0 Å². The summed E-state index contributed by atoms with van der Waals surface area (Å²) in [6.45, 7) is 3.43. The van der Waals surface area contributed by atoms with Crippen molar-refractivity contribution in [2.75, 3.05) is 13.1 Å². The number of aliphatic hydroxyl groups excluding tert-OH is 1. The first-order valence-electron chi connectivity index (χ1n) is 7.73. The Balaban J connectivity index is 1.77. The molecule has 1 unspecified atom stereocenters. The highest BCUT2D eigenvalue weighted by molar-refractivity contribution is 5.26. The number of aliphatic hydroxyl groups is 1. The third kappa shape index (κ3) is 4.96. The first-order valence-corrected chi connectivity index (χ1v) is 7.73. The first kappa shape index (κ1) is 14.5. The minimum atomic E-state index is -0.256. The van der Waals surface area contributed by atoms with Crippen LogP contribution >= 0.6 is 0 Å².